The van der Waals surface area contributed by atoms with E-state index in [0.717, 1.165) is 5.56 Å². The van der Waals surface area contributed by atoms with Gasteiger partial charge in [0.05, 0.1) is 18.4 Å². The van der Waals surface area contributed by atoms with Crippen molar-refractivity contribution in [3.05, 3.63) is 100 Å². The second-order valence-corrected chi connectivity index (χ2v) is 8.42. The molecule has 2 N–H and O–H groups in total. The largest absolute Gasteiger partial charge is 0.495 e. The van der Waals surface area contributed by atoms with Gasteiger partial charge in [0.2, 0.25) is 5.95 Å². The van der Waals surface area contributed by atoms with Crippen molar-refractivity contribution < 1.29 is 13.9 Å². The standard InChI is InChI=1S/C26H21ClFN5O2/c1-15-22(25(34)30-20-5-3-4-6-21(20)35-2)23(16-7-11-18(27)12-8-16)33-26(29-15)31-24(32-33)17-9-13-19(28)14-10-17/h3-14,23H,1-2H3,(H,30,34)(H,29,31,32). The SMILES string of the molecule is COc1ccccc1NC(=O)C1=C(C)Nc2nc(-c3ccc(F)cc3)nn2C1c1ccc(Cl)cc1. The van der Waals surface area contributed by atoms with E-state index in [4.69, 9.17) is 16.3 Å². The second kappa shape index (κ2) is 9.23. The van der Waals surface area contributed by atoms with Crippen molar-refractivity contribution in [2.45, 2.75) is 13.0 Å². The number of amides is 1. The van der Waals surface area contributed by atoms with E-state index in [9.17, 15) is 9.18 Å². The van der Waals surface area contributed by atoms with Gasteiger partial charge >= 0.3 is 0 Å². The monoisotopic (exact) mass is 489 g/mol. The molecule has 3 aromatic carbocycles. The Balaban J connectivity index is 1.59. The lowest BCUT2D eigenvalue weighted by molar-refractivity contribution is -0.113. The summed E-state index contributed by atoms with van der Waals surface area (Å²) in [6, 6.07) is 19.8. The normalized spacial score (nSPS) is 14.8. The fraction of sp³-hybridized carbons (Fsp3) is 0.115. The van der Waals surface area contributed by atoms with E-state index in [1.165, 1.54) is 12.1 Å². The van der Waals surface area contributed by atoms with Gasteiger partial charge in [-0.3, -0.25) is 4.79 Å². The Labute approximate surface area is 206 Å². The third-order valence-electron chi connectivity index (χ3n) is 5.74. The Morgan fingerprint density at radius 3 is 2.51 bits per heavy atom. The van der Waals surface area contributed by atoms with Crippen LogP contribution in [-0.2, 0) is 4.79 Å². The summed E-state index contributed by atoms with van der Waals surface area (Å²) in [5.41, 5.74) is 3.09. The van der Waals surface area contributed by atoms with E-state index in [1.54, 1.807) is 48.2 Å². The molecule has 0 saturated carbocycles. The Morgan fingerprint density at radius 1 is 1.09 bits per heavy atom. The summed E-state index contributed by atoms with van der Waals surface area (Å²) < 4.78 is 20.5. The van der Waals surface area contributed by atoms with Crippen LogP contribution in [0.5, 0.6) is 5.75 Å². The summed E-state index contributed by atoms with van der Waals surface area (Å²) in [6.07, 6.45) is 0. The van der Waals surface area contributed by atoms with Gasteiger partial charge in [-0.15, -0.1) is 5.10 Å². The summed E-state index contributed by atoms with van der Waals surface area (Å²) in [5, 5.41) is 11.4. The Morgan fingerprint density at radius 2 is 1.80 bits per heavy atom. The zero-order chi connectivity index (χ0) is 24.5. The predicted molar refractivity (Wildman–Crippen MR) is 133 cm³/mol. The average Bonchev–Trinajstić information content (AvgIpc) is 3.28. The molecule has 0 fully saturated rings. The lowest BCUT2D eigenvalue weighted by atomic mass is 9.95. The van der Waals surface area contributed by atoms with Crippen LogP contribution in [0.25, 0.3) is 11.4 Å². The molecule has 1 atom stereocenters. The summed E-state index contributed by atoms with van der Waals surface area (Å²) >= 11 is 6.13. The molecule has 1 aromatic heterocycles. The first-order chi connectivity index (χ1) is 16.9. The number of ether oxygens (including phenoxy) is 1. The van der Waals surface area contributed by atoms with Crippen molar-refractivity contribution in [1.29, 1.82) is 0 Å². The van der Waals surface area contributed by atoms with E-state index in [2.05, 4.69) is 20.7 Å². The second-order valence-electron chi connectivity index (χ2n) is 7.98. The molecule has 0 radical (unpaired) electrons. The first-order valence-corrected chi connectivity index (χ1v) is 11.2. The number of nitrogens with zero attached hydrogens (tertiary/aromatic N) is 3. The maximum Gasteiger partial charge on any atom is 0.255 e. The predicted octanol–water partition coefficient (Wildman–Crippen LogP) is 5.67. The molecule has 0 saturated heterocycles. The van der Waals surface area contributed by atoms with Crippen molar-refractivity contribution in [3.8, 4) is 17.1 Å². The molecule has 176 valence electrons. The van der Waals surface area contributed by atoms with Crippen molar-refractivity contribution >= 4 is 29.1 Å². The molecule has 9 heteroatoms. The number of allylic oxidation sites excluding steroid dienone is 1. The van der Waals surface area contributed by atoms with Gasteiger partial charge in [-0.1, -0.05) is 35.9 Å². The quantitative estimate of drug-likeness (QED) is 0.377. The van der Waals surface area contributed by atoms with Crippen molar-refractivity contribution in [3.63, 3.8) is 0 Å². The number of para-hydroxylation sites is 2. The minimum absolute atomic E-state index is 0.316. The van der Waals surface area contributed by atoms with E-state index >= 15 is 0 Å². The highest BCUT2D eigenvalue weighted by atomic mass is 35.5. The van der Waals surface area contributed by atoms with Crippen LogP contribution in [0.3, 0.4) is 0 Å². The molecule has 0 bridgehead atoms. The van der Waals surface area contributed by atoms with Crippen molar-refractivity contribution in [2.24, 2.45) is 0 Å². The minimum atomic E-state index is -0.583. The van der Waals surface area contributed by atoms with Gasteiger partial charge in [0.1, 0.15) is 17.6 Å². The number of methoxy groups -OCH3 is 1. The number of anilines is 2. The number of carbonyl (C=O) groups is 1. The van der Waals surface area contributed by atoms with Crippen LogP contribution >= 0.6 is 11.6 Å². The highest BCUT2D eigenvalue weighted by Crippen LogP contribution is 2.37. The number of aromatic nitrogens is 3. The van der Waals surface area contributed by atoms with Crippen molar-refractivity contribution in [1.82, 2.24) is 14.8 Å². The number of fused-ring (bicyclic) bond motifs is 1. The van der Waals surface area contributed by atoms with Crippen LogP contribution in [0.15, 0.2) is 84.1 Å². The van der Waals surface area contributed by atoms with Crippen LogP contribution in [-0.4, -0.2) is 27.8 Å². The molecule has 35 heavy (non-hydrogen) atoms. The molecule has 1 unspecified atom stereocenters. The molecule has 4 aromatic rings. The number of benzene rings is 3. The Bertz CT molecular complexity index is 1430. The molecule has 1 aliphatic heterocycles. The molecule has 7 nitrogen and oxygen atoms in total. The van der Waals surface area contributed by atoms with Gasteiger partial charge < -0.3 is 15.4 Å². The highest BCUT2D eigenvalue weighted by molar-refractivity contribution is 6.30. The summed E-state index contributed by atoms with van der Waals surface area (Å²) in [7, 11) is 1.55. The summed E-state index contributed by atoms with van der Waals surface area (Å²) in [4.78, 5) is 18.2. The van der Waals surface area contributed by atoms with Gasteiger partial charge in [-0.05, 0) is 61.0 Å². The van der Waals surface area contributed by atoms with Gasteiger partial charge in [0.15, 0.2) is 5.82 Å². The van der Waals surface area contributed by atoms with Crippen molar-refractivity contribution in [2.75, 3.05) is 17.7 Å². The number of halogens is 2. The number of nitrogens with one attached hydrogen (secondary N) is 2. The maximum atomic E-state index is 13.6. The van der Waals surface area contributed by atoms with Gasteiger partial charge in [-0.25, -0.2) is 9.07 Å². The van der Waals surface area contributed by atoms with Gasteiger partial charge in [-0.2, -0.15) is 4.98 Å². The molecule has 0 aliphatic carbocycles. The van der Waals surface area contributed by atoms with Crippen LogP contribution in [0.2, 0.25) is 5.02 Å². The Kier molecular flexibility index (Phi) is 5.96. The first kappa shape index (κ1) is 22.6. The van der Waals surface area contributed by atoms with Gasteiger partial charge in [0.25, 0.3) is 5.91 Å². The molecule has 5 rings (SSSR count). The fourth-order valence-corrected chi connectivity index (χ4v) is 4.18. The Hall–Kier alpha value is -4.17. The van der Waals surface area contributed by atoms with E-state index in [1.807, 2.05) is 31.2 Å². The average molecular weight is 490 g/mol. The first-order valence-electron chi connectivity index (χ1n) is 10.8. The topological polar surface area (TPSA) is 81.1 Å². The highest BCUT2D eigenvalue weighted by Gasteiger charge is 2.34. The third kappa shape index (κ3) is 4.36. The van der Waals surface area contributed by atoms with Crippen LogP contribution in [0.4, 0.5) is 16.0 Å². The van der Waals surface area contributed by atoms with Crippen LogP contribution < -0.4 is 15.4 Å². The zero-order valence-electron chi connectivity index (χ0n) is 18.9. The van der Waals surface area contributed by atoms with E-state index in [-0.39, 0.29) is 11.7 Å². The summed E-state index contributed by atoms with van der Waals surface area (Å²) in [5.74, 6) is 0.763. The molecule has 0 spiro atoms. The maximum absolute atomic E-state index is 13.6. The van der Waals surface area contributed by atoms with Crippen LogP contribution in [0.1, 0.15) is 18.5 Å². The zero-order valence-corrected chi connectivity index (χ0v) is 19.7. The number of hydrogen-bond acceptors (Lipinski definition) is 5. The molecular weight excluding hydrogens is 469 g/mol. The number of rotatable bonds is 5. The van der Waals surface area contributed by atoms with Crippen LogP contribution in [0, 0.1) is 5.82 Å². The molecule has 1 aliphatic rings. The van der Waals surface area contributed by atoms with E-state index in [0.29, 0.717) is 45.1 Å². The molecule has 2 heterocycles. The number of carbonyl (C=O) groups excluding carboxylic acids is 1. The minimum Gasteiger partial charge on any atom is -0.495 e. The lowest BCUT2D eigenvalue weighted by Gasteiger charge is -2.28. The molecular formula is C26H21ClFN5O2. The molecule has 1 amide bonds. The van der Waals surface area contributed by atoms with E-state index < -0.39 is 6.04 Å². The third-order valence-corrected chi connectivity index (χ3v) is 5.99. The van der Waals surface area contributed by atoms with Gasteiger partial charge in [0, 0.05) is 16.3 Å². The summed E-state index contributed by atoms with van der Waals surface area (Å²) in [6.45, 7) is 1.82. The number of hydrogen-bond donors (Lipinski definition) is 2. The lowest BCUT2D eigenvalue weighted by Crippen LogP contribution is -2.31. The smallest absolute Gasteiger partial charge is 0.255 e. The fourth-order valence-electron chi connectivity index (χ4n) is 4.06.